The number of methoxy groups -OCH3 is 1. The molecule has 0 unspecified atom stereocenters. The molecule has 3 aromatic rings. The molecule has 6 heteroatoms. The van der Waals surface area contributed by atoms with Crippen LogP contribution in [0.2, 0.25) is 0 Å². The zero-order valence-electron chi connectivity index (χ0n) is 14.8. The first-order chi connectivity index (χ1) is 12.7. The van der Waals surface area contributed by atoms with Gasteiger partial charge in [-0.05, 0) is 30.7 Å². The van der Waals surface area contributed by atoms with Crippen LogP contribution in [0.5, 0.6) is 5.75 Å². The number of hydrogen-bond donors (Lipinski definition) is 2. The zero-order chi connectivity index (χ0) is 18.4. The van der Waals surface area contributed by atoms with Crippen molar-refractivity contribution in [1.29, 1.82) is 0 Å². The Morgan fingerprint density at radius 2 is 1.96 bits per heavy atom. The molecule has 0 spiro atoms. The van der Waals surface area contributed by atoms with Crippen LogP contribution in [0.1, 0.15) is 24.1 Å². The number of ether oxygens (including phenoxy) is 1. The van der Waals surface area contributed by atoms with Gasteiger partial charge in [-0.1, -0.05) is 30.3 Å². The van der Waals surface area contributed by atoms with E-state index in [1.165, 1.54) is 0 Å². The highest BCUT2D eigenvalue weighted by molar-refractivity contribution is 5.74. The monoisotopic (exact) mass is 350 g/mol. The van der Waals surface area contributed by atoms with Crippen LogP contribution in [0.25, 0.3) is 5.69 Å². The second-order valence-electron chi connectivity index (χ2n) is 5.92. The average Bonchev–Trinajstić information content (AvgIpc) is 3.21. The Morgan fingerprint density at radius 3 is 2.65 bits per heavy atom. The summed E-state index contributed by atoms with van der Waals surface area (Å²) in [5.41, 5.74) is 2.99. The van der Waals surface area contributed by atoms with Crippen molar-refractivity contribution in [1.82, 2.24) is 20.2 Å². The van der Waals surface area contributed by atoms with Crippen LogP contribution in [-0.4, -0.2) is 22.7 Å². The molecular formula is C20H22N4O2. The third-order valence-electron chi connectivity index (χ3n) is 4.18. The van der Waals surface area contributed by atoms with Crippen LogP contribution >= 0.6 is 0 Å². The maximum Gasteiger partial charge on any atom is 0.315 e. The Bertz CT molecular complexity index is 845. The van der Waals surface area contributed by atoms with Gasteiger partial charge < -0.3 is 19.9 Å². The van der Waals surface area contributed by atoms with Crippen molar-refractivity contribution in [3.8, 4) is 11.4 Å². The van der Waals surface area contributed by atoms with Gasteiger partial charge >= 0.3 is 6.03 Å². The predicted octanol–water partition coefficient (Wildman–Crippen LogP) is 3.44. The topological polar surface area (TPSA) is 68.2 Å². The van der Waals surface area contributed by atoms with Crippen molar-refractivity contribution in [2.75, 3.05) is 7.11 Å². The van der Waals surface area contributed by atoms with Gasteiger partial charge in [0, 0.05) is 30.2 Å². The van der Waals surface area contributed by atoms with Crippen molar-refractivity contribution in [2.24, 2.45) is 0 Å². The number of para-hydroxylation sites is 1. The average molecular weight is 350 g/mol. The quantitative estimate of drug-likeness (QED) is 0.715. The Labute approximate surface area is 152 Å². The molecule has 0 saturated carbocycles. The minimum absolute atomic E-state index is 0.107. The highest BCUT2D eigenvalue weighted by Crippen LogP contribution is 2.17. The normalized spacial score (nSPS) is 11.6. The summed E-state index contributed by atoms with van der Waals surface area (Å²) in [6.45, 7) is 2.36. The van der Waals surface area contributed by atoms with E-state index >= 15 is 0 Å². The summed E-state index contributed by atoms with van der Waals surface area (Å²) >= 11 is 0. The molecule has 0 radical (unpaired) electrons. The Kier molecular flexibility index (Phi) is 5.53. The highest BCUT2D eigenvalue weighted by atomic mass is 16.5. The number of rotatable bonds is 6. The lowest BCUT2D eigenvalue weighted by Gasteiger charge is -2.16. The second-order valence-corrected chi connectivity index (χ2v) is 5.92. The fraction of sp³-hybridized carbons (Fsp3) is 0.200. The molecular weight excluding hydrogens is 328 g/mol. The van der Waals surface area contributed by atoms with E-state index in [-0.39, 0.29) is 12.1 Å². The number of nitrogens with one attached hydrogen (secondary N) is 2. The van der Waals surface area contributed by atoms with Crippen LogP contribution in [0.3, 0.4) is 0 Å². The molecule has 134 valence electrons. The van der Waals surface area contributed by atoms with Gasteiger partial charge in [-0.25, -0.2) is 9.78 Å². The number of nitrogens with zero attached hydrogens (tertiary/aromatic N) is 2. The molecule has 0 saturated heterocycles. The van der Waals surface area contributed by atoms with Gasteiger partial charge in [0.15, 0.2) is 0 Å². The largest absolute Gasteiger partial charge is 0.496 e. The van der Waals surface area contributed by atoms with Gasteiger partial charge in [0.2, 0.25) is 0 Å². The lowest BCUT2D eigenvalue weighted by molar-refractivity contribution is 0.237. The summed E-state index contributed by atoms with van der Waals surface area (Å²) in [5.74, 6) is 0.760. The zero-order valence-corrected chi connectivity index (χ0v) is 14.8. The van der Waals surface area contributed by atoms with Crippen molar-refractivity contribution in [3.63, 3.8) is 0 Å². The lowest BCUT2D eigenvalue weighted by Crippen LogP contribution is -2.36. The summed E-state index contributed by atoms with van der Waals surface area (Å²) in [6.07, 6.45) is 5.38. The van der Waals surface area contributed by atoms with Crippen LogP contribution in [0, 0.1) is 0 Å². The van der Waals surface area contributed by atoms with E-state index in [0.29, 0.717) is 6.54 Å². The molecule has 6 nitrogen and oxygen atoms in total. The van der Waals surface area contributed by atoms with E-state index in [1.54, 1.807) is 19.6 Å². The third-order valence-corrected chi connectivity index (χ3v) is 4.18. The van der Waals surface area contributed by atoms with E-state index in [1.807, 2.05) is 66.2 Å². The molecule has 0 aliphatic rings. The van der Waals surface area contributed by atoms with Gasteiger partial charge in [0.1, 0.15) is 5.75 Å². The van der Waals surface area contributed by atoms with Crippen LogP contribution in [-0.2, 0) is 6.54 Å². The van der Waals surface area contributed by atoms with Gasteiger partial charge in [0.05, 0.1) is 19.5 Å². The molecule has 0 fully saturated rings. The summed E-state index contributed by atoms with van der Waals surface area (Å²) < 4.78 is 7.22. The summed E-state index contributed by atoms with van der Waals surface area (Å²) in [4.78, 5) is 16.2. The van der Waals surface area contributed by atoms with Gasteiger partial charge in [-0.15, -0.1) is 0 Å². The number of hydrogen-bond acceptors (Lipinski definition) is 3. The van der Waals surface area contributed by atoms with E-state index in [2.05, 4.69) is 15.6 Å². The van der Waals surface area contributed by atoms with Gasteiger partial charge in [0.25, 0.3) is 0 Å². The first kappa shape index (κ1) is 17.5. The van der Waals surface area contributed by atoms with E-state index < -0.39 is 0 Å². The van der Waals surface area contributed by atoms with Gasteiger partial charge in [-0.2, -0.15) is 0 Å². The molecule has 1 aromatic heterocycles. The summed E-state index contributed by atoms with van der Waals surface area (Å²) in [6, 6.07) is 15.3. The maximum absolute atomic E-state index is 12.2. The molecule has 26 heavy (non-hydrogen) atoms. The second kappa shape index (κ2) is 8.20. The minimum Gasteiger partial charge on any atom is -0.496 e. The van der Waals surface area contributed by atoms with Crippen molar-refractivity contribution in [3.05, 3.63) is 78.4 Å². The Hall–Kier alpha value is -3.28. The van der Waals surface area contributed by atoms with Crippen molar-refractivity contribution >= 4 is 6.03 Å². The summed E-state index contributed by atoms with van der Waals surface area (Å²) in [7, 11) is 1.62. The number of aromatic nitrogens is 2. The molecule has 0 bridgehead atoms. The number of benzene rings is 2. The molecule has 2 amide bonds. The molecule has 1 heterocycles. The molecule has 1 atom stereocenters. The fourth-order valence-corrected chi connectivity index (χ4v) is 2.70. The lowest BCUT2D eigenvalue weighted by atomic mass is 10.1. The number of carbonyl (C=O) groups is 1. The first-order valence-corrected chi connectivity index (χ1v) is 8.42. The third kappa shape index (κ3) is 4.22. The smallest absolute Gasteiger partial charge is 0.315 e. The molecule has 2 aromatic carbocycles. The molecule has 3 rings (SSSR count). The summed E-state index contributed by atoms with van der Waals surface area (Å²) in [5, 5.41) is 5.81. The van der Waals surface area contributed by atoms with Crippen molar-refractivity contribution in [2.45, 2.75) is 19.5 Å². The van der Waals surface area contributed by atoms with Crippen molar-refractivity contribution < 1.29 is 9.53 Å². The Balaban J connectivity index is 1.55. The molecule has 0 aliphatic carbocycles. The Morgan fingerprint density at radius 1 is 1.19 bits per heavy atom. The van der Waals surface area contributed by atoms with Gasteiger partial charge in [-0.3, -0.25) is 0 Å². The standard InChI is InChI=1S/C20H22N4O2/c1-15(16-7-9-18(10-8-16)24-12-11-21-14-24)23-20(25)22-13-17-5-3-4-6-19(17)26-2/h3-12,14-15H,13H2,1-2H3,(H2,22,23,25)/t15-/m1/s1. The maximum atomic E-state index is 12.2. The SMILES string of the molecule is COc1ccccc1CNC(=O)N[C@H](C)c1ccc(-n2ccnc2)cc1. The van der Waals surface area contributed by atoms with Crippen LogP contribution in [0.4, 0.5) is 4.79 Å². The number of carbonyl (C=O) groups excluding carboxylic acids is 1. The predicted molar refractivity (Wildman–Crippen MR) is 100 cm³/mol. The van der Waals surface area contributed by atoms with E-state index in [4.69, 9.17) is 4.74 Å². The minimum atomic E-state index is -0.220. The van der Waals surface area contributed by atoms with E-state index in [9.17, 15) is 4.79 Å². The fourth-order valence-electron chi connectivity index (χ4n) is 2.70. The first-order valence-electron chi connectivity index (χ1n) is 8.42. The van der Waals surface area contributed by atoms with Crippen LogP contribution in [0.15, 0.2) is 67.3 Å². The van der Waals surface area contributed by atoms with E-state index in [0.717, 1.165) is 22.6 Å². The number of amides is 2. The van der Waals surface area contributed by atoms with Crippen LogP contribution < -0.4 is 15.4 Å². The molecule has 2 N–H and O–H groups in total. The number of imidazole rings is 1. The highest BCUT2D eigenvalue weighted by Gasteiger charge is 2.10. The number of urea groups is 1. The molecule has 0 aliphatic heterocycles.